The molecular weight excluding hydrogens is 233 g/mol. The first-order chi connectivity index (χ1) is 8.58. The lowest BCUT2D eigenvalue weighted by Crippen LogP contribution is -2.56. The molecule has 18 heavy (non-hydrogen) atoms. The number of nitrogens with two attached hydrogens (primary N) is 1. The third-order valence-electron chi connectivity index (χ3n) is 3.29. The van der Waals surface area contributed by atoms with Gasteiger partial charge in [0.25, 0.3) is 0 Å². The van der Waals surface area contributed by atoms with Crippen LogP contribution < -0.4 is 11.1 Å². The Morgan fingerprint density at radius 1 is 1.61 bits per heavy atom. The van der Waals surface area contributed by atoms with E-state index >= 15 is 0 Å². The van der Waals surface area contributed by atoms with Crippen LogP contribution in [0.2, 0.25) is 0 Å². The molecule has 98 valence electrons. The number of nitrogens with one attached hydrogen (secondary N) is 1. The van der Waals surface area contributed by atoms with Crippen LogP contribution in [0.3, 0.4) is 0 Å². The summed E-state index contributed by atoms with van der Waals surface area (Å²) < 4.78 is 13.2. The number of hydrogen-bond acceptors (Lipinski definition) is 3. The van der Waals surface area contributed by atoms with Crippen molar-refractivity contribution in [2.24, 2.45) is 5.73 Å². The highest BCUT2D eigenvalue weighted by atomic mass is 19.1. The number of carbonyl (C=O) groups is 1. The largest absolute Gasteiger partial charge is 0.368 e. The quantitative estimate of drug-likeness (QED) is 0.817. The van der Waals surface area contributed by atoms with Crippen LogP contribution in [0.1, 0.15) is 11.1 Å². The molecule has 0 radical (unpaired) electrons. The molecule has 5 heteroatoms. The van der Waals surface area contributed by atoms with Crippen LogP contribution in [0.25, 0.3) is 0 Å². The standard InChI is InChI=1S/C13H18FN3O/c1-9-6-10(2-3-11(9)14)8-17-5-4-16-7-12(17)13(15)18/h2-3,6,12,16H,4-5,7-8H2,1H3,(H2,15,18). The maximum absolute atomic E-state index is 13.2. The van der Waals surface area contributed by atoms with Crippen molar-refractivity contribution in [2.75, 3.05) is 19.6 Å². The van der Waals surface area contributed by atoms with Gasteiger partial charge in [0.05, 0.1) is 0 Å². The molecule has 0 aliphatic carbocycles. The van der Waals surface area contributed by atoms with Gasteiger partial charge in [0.2, 0.25) is 5.91 Å². The molecule has 1 heterocycles. The predicted molar refractivity (Wildman–Crippen MR) is 67.4 cm³/mol. The first kappa shape index (κ1) is 13.0. The molecule has 1 aromatic rings. The number of carbonyl (C=O) groups excluding carboxylic acids is 1. The summed E-state index contributed by atoms with van der Waals surface area (Å²) in [7, 11) is 0. The number of hydrogen-bond donors (Lipinski definition) is 2. The zero-order chi connectivity index (χ0) is 13.1. The summed E-state index contributed by atoms with van der Waals surface area (Å²) in [6.45, 7) is 4.54. The minimum atomic E-state index is -0.318. The number of aryl methyl sites for hydroxylation is 1. The van der Waals surface area contributed by atoms with Gasteiger partial charge in [-0.3, -0.25) is 9.69 Å². The highest BCUT2D eigenvalue weighted by molar-refractivity contribution is 5.80. The zero-order valence-corrected chi connectivity index (χ0v) is 10.4. The normalized spacial score (nSPS) is 20.9. The van der Waals surface area contributed by atoms with Gasteiger partial charge in [-0.15, -0.1) is 0 Å². The van der Waals surface area contributed by atoms with Crippen LogP contribution in [-0.2, 0) is 11.3 Å². The van der Waals surface area contributed by atoms with Crippen molar-refractivity contribution in [3.05, 3.63) is 35.1 Å². The topological polar surface area (TPSA) is 58.4 Å². The van der Waals surface area contributed by atoms with E-state index in [2.05, 4.69) is 5.32 Å². The van der Waals surface area contributed by atoms with Crippen molar-refractivity contribution in [1.82, 2.24) is 10.2 Å². The van der Waals surface area contributed by atoms with Gasteiger partial charge < -0.3 is 11.1 Å². The monoisotopic (exact) mass is 251 g/mol. The molecule has 0 spiro atoms. The number of piperazine rings is 1. The van der Waals surface area contributed by atoms with E-state index in [-0.39, 0.29) is 17.8 Å². The Bertz CT molecular complexity index is 450. The first-order valence-corrected chi connectivity index (χ1v) is 6.07. The number of rotatable bonds is 3. The Morgan fingerprint density at radius 2 is 2.39 bits per heavy atom. The van der Waals surface area contributed by atoms with Crippen LogP contribution in [0.4, 0.5) is 4.39 Å². The maximum Gasteiger partial charge on any atom is 0.236 e. The lowest BCUT2D eigenvalue weighted by molar-refractivity contribution is -0.124. The average Bonchev–Trinajstić information content (AvgIpc) is 2.34. The Labute approximate surface area is 106 Å². The van der Waals surface area contributed by atoms with Crippen molar-refractivity contribution in [2.45, 2.75) is 19.5 Å². The smallest absolute Gasteiger partial charge is 0.236 e. The fourth-order valence-corrected chi connectivity index (χ4v) is 2.26. The highest BCUT2D eigenvalue weighted by Gasteiger charge is 2.26. The molecule has 0 aromatic heterocycles. The lowest BCUT2D eigenvalue weighted by Gasteiger charge is -2.34. The van der Waals surface area contributed by atoms with Crippen molar-refractivity contribution in [3.63, 3.8) is 0 Å². The number of amides is 1. The molecule has 1 fully saturated rings. The first-order valence-electron chi connectivity index (χ1n) is 6.07. The second kappa shape index (κ2) is 5.46. The van der Waals surface area contributed by atoms with Crippen LogP contribution in [0.5, 0.6) is 0 Å². The molecule has 0 bridgehead atoms. The Morgan fingerprint density at radius 3 is 3.06 bits per heavy atom. The van der Waals surface area contributed by atoms with E-state index in [1.54, 1.807) is 13.0 Å². The molecule has 1 amide bonds. The van der Waals surface area contributed by atoms with Crippen molar-refractivity contribution < 1.29 is 9.18 Å². The van der Waals surface area contributed by atoms with Crippen LogP contribution in [-0.4, -0.2) is 36.5 Å². The minimum Gasteiger partial charge on any atom is -0.368 e. The van der Waals surface area contributed by atoms with E-state index in [1.807, 2.05) is 11.0 Å². The van der Waals surface area contributed by atoms with Gasteiger partial charge in [0.15, 0.2) is 0 Å². The minimum absolute atomic E-state index is 0.203. The van der Waals surface area contributed by atoms with Gasteiger partial charge in [0.1, 0.15) is 11.9 Å². The molecule has 3 N–H and O–H groups in total. The van der Waals surface area contributed by atoms with Crippen molar-refractivity contribution >= 4 is 5.91 Å². The third kappa shape index (κ3) is 2.86. The Kier molecular flexibility index (Phi) is 3.93. The van der Waals surface area contributed by atoms with Gasteiger partial charge in [-0.05, 0) is 24.1 Å². The SMILES string of the molecule is Cc1cc(CN2CCNCC2C(N)=O)ccc1F. The lowest BCUT2D eigenvalue weighted by atomic mass is 10.1. The predicted octanol–water partition coefficient (Wildman–Crippen LogP) is 0.393. The van der Waals surface area contributed by atoms with Gasteiger partial charge in [0, 0.05) is 26.2 Å². The van der Waals surface area contributed by atoms with Gasteiger partial charge in [-0.1, -0.05) is 12.1 Å². The summed E-state index contributed by atoms with van der Waals surface area (Å²) in [5.74, 6) is -0.522. The molecule has 1 atom stereocenters. The van der Waals surface area contributed by atoms with Gasteiger partial charge in [-0.25, -0.2) is 4.39 Å². The average molecular weight is 251 g/mol. The molecule has 0 saturated carbocycles. The van der Waals surface area contributed by atoms with E-state index < -0.39 is 0 Å². The van der Waals surface area contributed by atoms with E-state index in [0.29, 0.717) is 18.7 Å². The number of primary amides is 1. The van der Waals surface area contributed by atoms with E-state index in [0.717, 1.165) is 18.7 Å². The van der Waals surface area contributed by atoms with Crippen LogP contribution >= 0.6 is 0 Å². The maximum atomic E-state index is 13.2. The molecule has 1 unspecified atom stereocenters. The summed E-state index contributed by atoms with van der Waals surface area (Å²) in [6.07, 6.45) is 0. The van der Waals surface area contributed by atoms with Gasteiger partial charge >= 0.3 is 0 Å². The van der Waals surface area contributed by atoms with E-state index in [4.69, 9.17) is 5.73 Å². The second-order valence-corrected chi connectivity index (χ2v) is 4.68. The van der Waals surface area contributed by atoms with Crippen molar-refractivity contribution in [3.8, 4) is 0 Å². The summed E-state index contributed by atoms with van der Waals surface area (Å²) in [4.78, 5) is 13.4. The highest BCUT2D eigenvalue weighted by Crippen LogP contribution is 2.14. The van der Waals surface area contributed by atoms with E-state index in [9.17, 15) is 9.18 Å². The number of benzene rings is 1. The van der Waals surface area contributed by atoms with Gasteiger partial charge in [-0.2, -0.15) is 0 Å². The molecular formula is C13H18FN3O. The summed E-state index contributed by atoms with van der Waals surface area (Å²) in [5.41, 5.74) is 7.01. The summed E-state index contributed by atoms with van der Waals surface area (Å²) in [5, 5.41) is 3.15. The molecule has 1 aromatic carbocycles. The van der Waals surface area contributed by atoms with Crippen LogP contribution in [0, 0.1) is 12.7 Å². The number of halogens is 1. The Balaban J connectivity index is 2.10. The van der Waals surface area contributed by atoms with Crippen molar-refractivity contribution in [1.29, 1.82) is 0 Å². The third-order valence-corrected chi connectivity index (χ3v) is 3.29. The summed E-state index contributed by atoms with van der Waals surface area (Å²) in [6, 6.07) is 4.74. The second-order valence-electron chi connectivity index (χ2n) is 4.68. The molecule has 4 nitrogen and oxygen atoms in total. The molecule has 1 aliphatic rings. The summed E-state index contributed by atoms with van der Waals surface area (Å²) >= 11 is 0. The fourth-order valence-electron chi connectivity index (χ4n) is 2.26. The fraction of sp³-hybridized carbons (Fsp3) is 0.462. The van der Waals surface area contributed by atoms with Crippen LogP contribution in [0.15, 0.2) is 18.2 Å². The Hall–Kier alpha value is -1.46. The zero-order valence-electron chi connectivity index (χ0n) is 10.4. The molecule has 1 saturated heterocycles. The van der Waals surface area contributed by atoms with E-state index in [1.165, 1.54) is 6.07 Å². The molecule has 2 rings (SSSR count). The number of nitrogens with zero attached hydrogens (tertiary/aromatic N) is 1. The molecule has 1 aliphatic heterocycles.